The van der Waals surface area contributed by atoms with E-state index in [1.165, 1.54) is 5.56 Å². The van der Waals surface area contributed by atoms with Gasteiger partial charge in [-0.3, -0.25) is 9.59 Å². The molecule has 0 unspecified atom stereocenters. The first-order valence-electron chi connectivity index (χ1n) is 8.32. The molecule has 124 valence electrons. The summed E-state index contributed by atoms with van der Waals surface area (Å²) in [7, 11) is 0. The van der Waals surface area contributed by atoms with Crippen molar-refractivity contribution in [1.82, 2.24) is 4.90 Å². The lowest BCUT2D eigenvalue weighted by Gasteiger charge is -2.32. The topological polar surface area (TPSA) is 66.8 Å². The zero-order valence-electron chi connectivity index (χ0n) is 13.2. The van der Waals surface area contributed by atoms with E-state index in [2.05, 4.69) is 12.1 Å². The number of ether oxygens (including phenoxy) is 1. The molecule has 0 radical (unpaired) electrons. The second kappa shape index (κ2) is 7.13. The average Bonchev–Trinajstić information content (AvgIpc) is 3.37. The fourth-order valence-electron chi connectivity index (χ4n) is 3.21. The average molecular weight is 317 g/mol. The molecule has 1 aliphatic carbocycles. The van der Waals surface area contributed by atoms with E-state index in [0.717, 1.165) is 19.3 Å². The Kier molecular flexibility index (Phi) is 4.96. The number of piperidine rings is 1. The van der Waals surface area contributed by atoms with Crippen molar-refractivity contribution in [2.75, 3.05) is 19.7 Å². The van der Waals surface area contributed by atoms with Crippen LogP contribution in [0, 0.1) is 11.8 Å². The standard InChI is InChI=1S/C18H23NO4/c20-17(15-12-16(15)18(21)22)19-9-6-14(7-10-19)23-11-8-13-4-2-1-3-5-13/h1-5,14-16H,6-12H2,(H,21,22)/t15-,16-/m0/s1. The molecule has 2 fully saturated rings. The van der Waals surface area contributed by atoms with Gasteiger partial charge < -0.3 is 14.7 Å². The van der Waals surface area contributed by atoms with Crippen LogP contribution >= 0.6 is 0 Å². The first kappa shape index (κ1) is 16.0. The molecule has 3 rings (SSSR count). The molecule has 1 saturated carbocycles. The molecule has 2 atom stereocenters. The highest BCUT2D eigenvalue weighted by Gasteiger charge is 2.50. The summed E-state index contributed by atoms with van der Waals surface area (Å²) in [5, 5.41) is 8.91. The summed E-state index contributed by atoms with van der Waals surface area (Å²) < 4.78 is 5.92. The molecule has 1 saturated heterocycles. The molecule has 1 heterocycles. The number of carbonyl (C=O) groups excluding carboxylic acids is 1. The van der Waals surface area contributed by atoms with Crippen molar-refractivity contribution in [2.45, 2.75) is 31.8 Å². The number of rotatable bonds is 6. The summed E-state index contributed by atoms with van der Waals surface area (Å²) in [4.78, 5) is 24.9. The molecule has 5 nitrogen and oxygen atoms in total. The largest absolute Gasteiger partial charge is 0.481 e. The molecule has 0 aromatic heterocycles. The molecular weight excluding hydrogens is 294 g/mol. The molecule has 0 spiro atoms. The van der Waals surface area contributed by atoms with Crippen LogP contribution in [0.3, 0.4) is 0 Å². The third-order valence-electron chi connectivity index (χ3n) is 4.77. The van der Waals surface area contributed by atoms with Crippen molar-refractivity contribution in [3.05, 3.63) is 35.9 Å². The van der Waals surface area contributed by atoms with Gasteiger partial charge in [0.1, 0.15) is 0 Å². The Morgan fingerprint density at radius 1 is 1.13 bits per heavy atom. The number of benzene rings is 1. The number of amides is 1. The lowest BCUT2D eigenvalue weighted by molar-refractivity contribution is -0.142. The van der Waals surface area contributed by atoms with Gasteiger partial charge in [0.05, 0.1) is 24.5 Å². The van der Waals surface area contributed by atoms with E-state index in [1.807, 2.05) is 23.1 Å². The van der Waals surface area contributed by atoms with Crippen molar-refractivity contribution < 1.29 is 19.4 Å². The van der Waals surface area contributed by atoms with Crippen LogP contribution in [0.15, 0.2) is 30.3 Å². The minimum absolute atomic E-state index is 0.0140. The molecule has 0 bridgehead atoms. The van der Waals surface area contributed by atoms with Crippen LogP contribution in [0.2, 0.25) is 0 Å². The molecule has 1 aliphatic heterocycles. The Morgan fingerprint density at radius 2 is 1.83 bits per heavy atom. The van der Waals surface area contributed by atoms with E-state index in [9.17, 15) is 9.59 Å². The van der Waals surface area contributed by atoms with Gasteiger partial charge in [-0.15, -0.1) is 0 Å². The van der Waals surface area contributed by atoms with Crippen LogP contribution in [0.5, 0.6) is 0 Å². The summed E-state index contributed by atoms with van der Waals surface area (Å²) in [5.74, 6) is -1.58. The number of likely N-dealkylation sites (tertiary alicyclic amines) is 1. The highest BCUT2D eigenvalue weighted by atomic mass is 16.5. The molecule has 1 amide bonds. The monoisotopic (exact) mass is 317 g/mol. The highest BCUT2D eigenvalue weighted by Crippen LogP contribution is 2.40. The smallest absolute Gasteiger partial charge is 0.307 e. The van der Waals surface area contributed by atoms with Gasteiger partial charge in [0.2, 0.25) is 5.91 Å². The van der Waals surface area contributed by atoms with Gasteiger partial charge in [0, 0.05) is 13.1 Å². The van der Waals surface area contributed by atoms with E-state index >= 15 is 0 Å². The number of hydrogen-bond acceptors (Lipinski definition) is 3. The zero-order valence-corrected chi connectivity index (χ0v) is 13.2. The molecule has 2 aliphatic rings. The normalized spacial score (nSPS) is 24.4. The fourth-order valence-corrected chi connectivity index (χ4v) is 3.21. The van der Waals surface area contributed by atoms with Crippen LogP contribution < -0.4 is 0 Å². The van der Waals surface area contributed by atoms with Crippen molar-refractivity contribution in [2.24, 2.45) is 11.8 Å². The molecular formula is C18H23NO4. The van der Waals surface area contributed by atoms with Crippen molar-refractivity contribution in [1.29, 1.82) is 0 Å². The number of carboxylic acid groups (broad SMARTS) is 1. The van der Waals surface area contributed by atoms with Gasteiger partial charge in [-0.05, 0) is 31.2 Å². The van der Waals surface area contributed by atoms with Crippen molar-refractivity contribution in [3.63, 3.8) is 0 Å². The first-order valence-corrected chi connectivity index (χ1v) is 8.32. The Labute approximate surface area is 136 Å². The SMILES string of the molecule is O=C(O)[C@H]1C[C@@H]1C(=O)N1CCC(OCCc2ccccc2)CC1. The maximum Gasteiger partial charge on any atom is 0.307 e. The van der Waals surface area contributed by atoms with Crippen LogP contribution in [-0.2, 0) is 20.7 Å². The third kappa shape index (κ3) is 4.10. The molecule has 1 N–H and O–H groups in total. The number of carboxylic acids is 1. The summed E-state index contributed by atoms with van der Waals surface area (Å²) in [6, 6.07) is 10.3. The summed E-state index contributed by atoms with van der Waals surface area (Å²) in [6.07, 6.45) is 3.29. The molecule has 23 heavy (non-hydrogen) atoms. The number of aliphatic carboxylic acids is 1. The van der Waals surface area contributed by atoms with E-state index in [4.69, 9.17) is 9.84 Å². The molecule has 5 heteroatoms. The number of nitrogens with zero attached hydrogens (tertiary/aromatic N) is 1. The third-order valence-corrected chi connectivity index (χ3v) is 4.77. The molecule has 1 aromatic carbocycles. The van der Waals surface area contributed by atoms with Crippen LogP contribution in [-0.4, -0.2) is 47.7 Å². The highest BCUT2D eigenvalue weighted by molar-refractivity contribution is 5.89. The number of carbonyl (C=O) groups is 2. The Hall–Kier alpha value is -1.88. The maximum atomic E-state index is 12.2. The van der Waals surface area contributed by atoms with Crippen LogP contribution in [0.25, 0.3) is 0 Å². The van der Waals surface area contributed by atoms with Crippen LogP contribution in [0.1, 0.15) is 24.8 Å². The predicted octanol–water partition coefficient (Wildman–Crippen LogP) is 1.96. The van der Waals surface area contributed by atoms with Crippen LogP contribution in [0.4, 0.5) is 0 Å². The van der Waals surface area contributed by atoms with Gasteiger partial charge in [-0.25, -0.2) is 0 Å². The van der Waals surface area contributed by atoms with E-state index in [-0.39, 0.29) is 17.9 Å². The second-order valence-corrected chi connectivity index (χ2v) is 6.42. The maximum absolute atomic E-state index is 12.2. The van der Waals surface area contributed by atoms with Crippen molar-refractivity contribution >= 4 is 11.9 Å². The summed E-state index contributed by atoms with van der Waals surface area (Å²) in [6.45, 7) is 2.06. The van der Waals surface area contributed by atoms with Crippen molar-refractivity contribution in [3.8, 4) is 0 Å². The second-order valence-electron chi connectivity index (χ2n) is 6.42. The van der Waals surface area contributed by atoms with Gasteiger partial charge in [0.25, 0.3) is 0 Å². The number of hydrogen-bond donors (Lipinski definition) is 1. The predicted molar refractivity (Wildman–Crippen MR) is 84.9 cm³/mol. The Morgan fingerprint density at radius 3 is 2.43 bits per heavy atom. The lowest BCUT2D eigenvalue weighted by atomic mass is 10.1. The minimum Gasteiger partial charge on any atom is -0.481 e. The van der Waals surface area contributed by atoms with Gasteiger partial charge >= 0.3 is 5.97 Å². The summed E-state index contributed by atoms with van der Waals surface area (Å²) in [5.41, 5.74) is 1.27. The quantitative estimate of drug-likeness (QED) is 0.871. The minimum atomic E-state index is -0.845. The Bertz CT molecular complexity index is 551. The zero-order chi connectivity index (χ0) is 16.2. The van der Waals surface area contributed by atoms with E-state index in [1.54, 1.807) is 0 Å². The lowest BCUT2D eigenvalue weighted by Crippen LogP contribution is -2.42. The first-order chi connectivity index (χ1) is 11.1. The van der Waals surface area contributed by atoms with Gasteiger partial charge in [-0.1, -0.05) is 30.3 Å². The summed E-state index contributed by atoms with van der Waals surface area (Å²) >= 11 is 0. The van der Waals surface area contributed by atoms with E-state index in [0.29, 0.717) is 26.1 Å². The fraction of sp³-hybridized carbons (Fsp3) is 0.556. The van der Waals surface area contributed by atoms with E-state index < -0.39 is 11.9 Å². The van der Waals surface area contributed by atoms with Gasteiger partial charge in [-0.2, -0.15) is 0 Å². The molecule has 1 aromatic rings. The van der Waals surface area contributed by atoms with Gasteiger partial charge in [0.15, 0.2) is 0 Å². The Balaban J connectivity index is 1.36.